The number of nitrogens with two attached hydrogens (primary N) is 1. The van der Waals surface area contributed by atoms with Crippen LogP contribution in [0.25, 0.3) is 6.08 Å². The first-order valence-corrected chi connectivity index (χ1v) is 5.88. The third-order valence-electron chi connectivity index (χ3n) is 2.50. The Morgan fingerprint density at radius 2 is 2.15 bits per heavy atom. The number of aliphatic carboxylic acids is 1. The largest absolute Gasteiger partial charge is 0.478 e. The zero-order chi connectivity index (χ0) is 15.1. The van der Waals surface area contributed by atoms with Gasteiger partial charge in [-0.05, 0) is 19.1 Å². The Morgan fingerprint density at radius 1 is 1.45 bits per heavy atom. The van der Waals surface area contributed by atoms with Crippen molar-refractivity contribution in [3.8, 4) is 0 Å². The summed E-state index contributed by atoms with van der Waals surface area (Å²) in [6, 6.07) is 1.47. The Labute approximate surface area is 115 Å². The topological polar surface area (TPSA) is 114 Å². The number of aromatic nitrogens is 1. The highest BCUT2D eigenvalue weighted by Crippen LogP contribution is 2.12. The van der Waals surface area contributed by atoms with E-state index in [-0.39, 0.29) is 12.1 Å². The number of hydrogen-bond donors (Lipinski definition) is 2. The first-order chi connectivity index (χ1) is 9.45. The summed E-state index contributed by atoms with van der Waals surface area (Å²) in [5, 5.41) is 8.61. The molecular weight excluding hydrogens is 262 g/mol. The number of nitrogens with zero attached hydrogens (tertiary/aromatic N) is 2. The van der Waals surface area contributed by atoms with E-state index in [4.69, 9.17) is 10.8 Å². The quantitative estimate of drug-likeness (QED) is 0.717. The van der Waals surface area contributed by atoms with Gasteiger partial charge in [-0.3, -0.25) is 14.6 Å². The van der Waals surface area contributed by atoms with E-state index >= 15 is 0 Å². The minimum atomic E-state index is -1.13. The smallest absolute Gasteiger partial charge is 0.328 e. The summed E-state index contributed by atoms with van der Waals surface area (Å²) >= 11 is 0. The normalized spacial score (nSPS) is 10.4. The molecule has 1 aromatic heterocycles. The second kappa shape index (κ2) is 7.03. The van der Waals surface area contributed by atoms with Crippen molar-refractivity contribution in [1.29, 1.82) is 0 Å². The number of carboxylic acid groups (broad SMARTS) is 1. The number of carboxylic acids is 1. The molecule has 0 spiro atoms. The predicted molar refractivity (Wildman–Crippen MR) is 71.7 cm³/mol. The lowest BCUT2D eigenvalue weighted by molar-refractivity contribution is -0.131. The van der Waals surface area contributed by atoms with Crippen LogP contribution in [0.3, 0.4) is 0 Å². The fourth-order valence-corrected chi connectivity index (χ4v) is 1.58. The fourth-order valence-electron chi connectivity index (χ4n) is 1.58. The monoisotopic (exact) mass is 277 g/mol. The van der Waals surface area contributed by atoms with Gasteiger partial charge in [-0.15, -0.1) is 0 Å². The highest BCUT2D eigenvalue weighted by atomic mass is 16.4. The molecule has 0 atom stereocenters. The fraction of sp³-hybridized carbons (Fsp3) is 0.231. The highest BCUT2D eigenvalue weighted by Gasteiger charge is 2.18. The molecule has 1 rings (SSSR count). The van der Waals surface area contributed by atoms with Gasteiger partial charge in [-0.1, -0.05) is 0 Å². The van der Waals surface area contributed by atoms with Gasteiger partial charge in [0.05, 0.1) is 6.54 Å². The molecule has 1 aromatic rings. The first-order valence-electron chi connectivity index (χ1n) is 5.88. The molecule has 2 amide bonds. The van der Waals surface area contributed by atoms with Crippen LogP contribution < -0.4 is 5.73 Å². The van der Waals surface area contributed by atoms with E-state index in [0.717, 1.165) is 6.08 Å². The lowest BCUT2D eigenvalue weighted by Gasteiger charge is -2.19. The van der Waals surface area contributed by atoms with E-state index in [1.54, 1.807) is 6.92 Å². The first kappa shape index (κ1) is 15.4. The van der Waals surface area contributed by atoms with Crippen LogP contribution in [0, 0.1) is 0 Å². The van der Waals surface area contributed by atoms with Crippen molar-refractivity contribution in [1.82, 2.24) is 9.88 Å². The highest BCUT2D eigenvalue weighted by molar-refractivity contribution is 6.00. The molecule has 7 heteroatoms. The number of carbonyl (C=O) groups is 3. The lowest BCUT2D eigenvalue weighted by Crippen LogP contribution is -2.38. The maximum absolute atomic E-state index is 12.3. The number of hydrogen-bond acceptors (Lipinski definition) is 4. The van der Waals surface area contributed by atoms with E-state index < -0.39 is 17.8 Å². The Balaban J connectivity index is 3.08. The number of amides is 2. The van der Waals surface area contributed by atoms with E-state index in [0.29, 0.717) is 12.1 Å². The molecule has 3 N–H and O–H groups in total. The van der Waals surface area contributed by atoms with Crippen molar-refractivity contribution in [2.24, 2.45) is 5.73 Å². The number of rotatable bonds is 6. The number of pyridine rings is 1. The van der Waals surface area contributed by atoms with E-state index in [1.165, 1.54) is 29.4 Å². The van der Waals surface area contributed by atoms with Gasteiger partial charge in [0.1, 0.15) is 0 Å². The third kappa shape index (κ3) is 4.20. The predicted octanol–water partition coefficient (Wildman–Crippen LogP) is 0.127. The minimum absolute atomic E-state index is 0.195. The summed E-state index contributed by atoms with van der Waals surface area (Å²) in [4.78, 5) is 38.9. The average molecular weight is 277 g/mol. The molecule has 106 valence electrons. The van der Waals surface area contributed by atoms with Crippen LogP contribution in [0.1, 0.15) is 22.8 Å². The molecule has 0 saturated carbocycles. The molecule has 0 aromatic carbocycles. The molecule has 1 heterocycles. The van der Waals surface area contributed by atoms with Gasteiger partial charge in [0.15, 0.2) is 0 Å². The van der Waals surface area contributed by atoms with Crippen molar-refractivity contribution in [2.75, 3.05) is 13.1 Å². The second-order valence-corrected chi connectivity index (χ2v) is 3.92. The molecule has 0 saturated heterocycles. The molecule has 0 radical (unpaired) electrons. The minimum Gasteiger partial charge on any atom is -0.478 e. The van der Waals surface area contributed by atoms with Gasteiger partial charge in [0.2, 0.25) is 5.91 Å². The van der Waals surface area contributed by atoms with Crippen LogP contribution >= 0.6 is 0 Å². The lowest BCUT2D eigenvalue weighted by atomic mass is 10.1. The summed E-state index contributed by atoms with van der Waals surface area (Å²) in [7, 11) is 0. The van der Waals surface area contributed by atoms with Gasteiger partial charge in [0.25, 0.3) is 5.91 Å². The van der Waals surface area contributed by atoms with Crippen molar-refractivity contribution in [3.63, 3.8) is 0 Å². The molecule has 0 bridgehead atoms. The van der Waals surface area contributed by atoms with Crippen molar-refractivity contribution >= 4 is 23.9 Å². The average Bonchev–Trinajstić information content (AvgIpc) is 2.41. The molecule has 20 heavy (non-hydrogen) atoms. The Hall–Kier alpha value is -2.70. The standard InChI is InChI=1S/C13H15N3O4/c1-2-16(8-11(14)17)13(20)10-5-6-15-7-9(10)3-4-12(18)19/h3-7H,2,8H2,1H3,(H2,14,17)(H,18,19)/b4-3+. The van der Waals surface area contributed by atoms with Crippen LogP contribution in [-0.4, -0.2) is 45.9 Å². The Bertz CT molecular complexity index is 554. The molecule has 7 nitrogen and oxygen atoms in total. The van der Waals surface area contributed by atoms with E-state index in [1.807, 2.05) is 0 Å². The van der Waals surface area contributed by atoms with E-state index in [2.05, 4.69) is 4.98 Å². The molecule has 0 aliphatic carbocycles. The van der Waals surface area contributed by atoms with Crippen molar-refractivity contribution in [3.05, 3.63) is 35.7 Å². The zero-order valence-electron chi connectivity index (χ0n) is 10.9. The second-order valence-electron chi connectivity index (χ2n) is 3.92. The molecule has 0 aliphatic heterocycles. The molecule has 0 fully saturated rings. The van der Waals surface area contributed by atoms with Gasteiger partial charge >= 0.3 is 5.97 Å². The Morgan fingerprint density at radius 3 is 2.70 bits per heavy atom. The Kier molecular flexibility index (Phi) is 5.40. The summed E-state index contributed by atoms with van der Waals surface area (Å²) in [5.74, 6) is -2.15. The van der Waals surface area contributed by atoms with Crippen LogP contribution in [0.2, 0.25) is 0 Å². The number of carbonyl (C=O) groups excluding carboxylic acids is 2. The van der Waals surface area contributed by atoms with Gasteiger partial charge in [0, 0.05) is 36.1 Å². The van der Waals surface area contributed by atoms with Gasteiger partial charge in [-0.25, -0.2) is 4.79 Å². The summed E-state index contributed by atoms with van der Waals surface area (Å²) < 4.78 is 0. The SMILES string of the molecule is CCN(CC(N)=O)C(=O)c1ccncc1/C=C/C(=O)O. The van der Waals surface area contributed by atoms with Gasteiger partial charge in [-0.2, -0.15) is 0 Å². The van der Waals surface area contributed by atoms with Crippen molar-refractivity contribution < 1.29 is 19.5 Å². The number of likely N-dealkylation sites (N-methyl/N-ethyl adjacent to an activating group) is 1. The van der Waals surface area contributed by atoms with Crippen molar-refractivity contribution in [2.45, 2.75) is 6.92 Å². The van der Waals surface area contributed by atoms with E-state index in [9.17, 15) is 14.4 Å². The van der Waals surface area contributed by atoms with Crippen LogP contribution in [0.5, 0.6) is 0 Å². The summed E-state index contributed by atoms with van der Waals surface area (Å²) in [6.07, 6.45) is 4.99. The molecule has 0 aliphatic rings. The number of primary amides is 1. The maximum Gasteiger partial charge on any atom is 0.328 e. The van der Waals surface area contributed by atoms with Crippen LogP contribution in [-0.2, 0) is 9.59 Å². The van der Waals surface area contributed by atoms with Crippen LogP contribution in [0.4, 0.5) is 0 Å². The molecular formula is C13H15N3O4. The van der Waals surface area contributed by atoms with Gasteiger partial charge < -0.3 is 15.7 Å². The third-order valence-corrected chi connectivity index (χ3v) is 2.50. The molecule has 0 unspecified atom stereocenters. The maximum atomic E-state index is 12.3. The summed E-state index contributed by atoms with van der Waals surface area (Å²) in [6.45, 7) is 1.83. The van der Waals surface area contributed by atoms with Crippen LogP contribution in [0.15, 0.2) is 24.5 Å². The summed E-state index contributed by atoms with van der Waals surface area (Å²) in [5.41, 5.74) is 5.71. The zero-order valence-corrected chi connectivity index (χ0v) is 10.9.